The number of nitrogens with one attached hydrogen (secondary N) is 2. The predicted octanol–water partition coefficient (Wildman–Crippen LogP) is 2.87. The van der Waals surface area contributed by atoms with Gasteiger partial charge in [0, 0.05) is 11.6 Å². The van der Waals surface area contributed by atoms with Crippen molar-refractivity contribution in [1.29, 1.82) is 5.41 Å². The van der Waals surface area contributed by atoms with Gasteiger partial charge >= 0.3 is 0 Å². The predicted molar refractivity (Wildman–Crippen MR) is 52.6 cm³/mol. The van der Waals surface area contributed by atoms with Crippen LogP contribution in [0.1, 0.15) is 13.8 Å². The van der Waals surface area contributed by atoms with Gasteiger partial charge in [0.2, 0.25) is 0 Å². The summed E-state index contributed by atoms with van der Waals surface area (Å²) in [5.74, 6) is 0.332. The zero-order valence-corrected chi connectivity index (χ0v) is 7.76. The van der Waals surface area contributed by atoms with Crippen molar-refractivity contribution in [2.75, 3.05) is 5.32 Å². The average Bonchev–Trinajstić information content (AvgIpc) is 2.08. The summed E-state index contributed by atoms with van der Waals surface area (Å²) in [5, 5.41) is 10.4. The highest BCUT2D eigenvalue weighted by Crippen LogP contribution is 2.09. The van der Waals surface area contributed by atoms with Crippen molar-refractivity contribution < 1.29 is 4.39 Å². The van der Waals surface area contributed by atoms with Crippen LogP contribution in [0.15, 0.2) is 24.3 Å². The maximum atomic E-state index is 12.5. The van der Waals surface area contributed by atoms with Crippen molar-refractivity contribution in [3.05, 3.63) is 30.1 Å². The lowest BCUT2D eigenvalue weighted by molar-refractivity contribution is 0.628. The second kappa shape index (κ2) is 4.03. The molecule has 0 aromatic heterocycles. The Labute approximate surface area is 77.3 Å². The molecule has 0 spiro atoms. The van der Waals surface area contributed by atoms with E-state index >= 15 is 0 Å². The first kappa shape index (κ1) is 9.71. The van der Waals surface area contributed by atoms with E-state index in [9.17, 15) is 4.39 Å². The maximum absolute atomic E-state index is 12.5. The van der Waals surface area contributed by atoms with E-state index in [2.05, 4.69) is 5.32 Å². The molecule has 0 amide bonds. The first-order chi connectivity index (χ1) is 6.09. The fourth-order valence-electron chi connectivity index (χ4n) is 0.833. The number of anilines is 1. The third kappa shape index (κ3) is 2.86. The number of benzene rings is 1. The zero-order valence-electron chi connectivity index (χ0n) is 7.76. The van der Waals surface area contributed by atoms with Crippen LogP contribution in [0.25, 0.3) is 0 Å². The van der Waals surface area contributed by atoms with E-state index in [0.717, 1.165) is 5.69 Å². The molecule has 0 saturated heterocycles. The molecule has 0 saturated carbocycles. The standard InChI is InChI=1S/C10H13FN2/c1-7(2)10(12)13-9-5-3-8(11)4-6-9/h3-7H,1-2H3,(H2,12,13). The second-order valence-corrected chi connectivity index (χ2v) is 3.20. The molecule has 0 unspecified atom stereocenters. The molecular formula is C10H13FN2. The van der Waals surface area contributed by atoms with E-state index < -0.39 is 0 Å². The average molecular weight is 180 g/mol. The fourth-order valence-corrected chi connectivity index (χ4v) is 0.833. The third-order valence-electron chi connectivity index (χ3n) is 1.70. The monoisotopic (exact) mass is 180 g/mol. The number of amidine groups is 1. The molecule has 0 radical (unpaired) electrons. The Morgan fingerprint density at radius 2 is 1.85 bits per heavy atom. The molecule has 0 atom stereocenters. The Morgan fingerprint density at radius 3 is 2.31 bits per heavy atom. The molecule has 0 bridgehead atoms. The van der Waals surface area contributed by atoms with Crippen molar-refractivity contribution >= 4 is 11.5 Å². The highest BCUT2D eigenvalue weighted by atomic mass is 19.1. The molecule has 70 valence electrons. The second-order valence-electron chi connectivity index (χ2n) is 3.20. The third-order valence-corrected chi connectivity index (χ3v) is 1.70. The van der Waals surface area contributed by atoms with Crippen LogP contribution in [0.4, 0.5) is 10.1 Å². The zero-order chi connectivity index (χ0) is 9.84. The van der Waals surface area contributed by atoms with Gasteiger partial charge in [0.15, 0.2) is 0 Å². The van der Waals surface area contributed by atoms with Crippen LogP contribution < -0.4 is 5.32 Å². The molecule has 0 aliphatic carbocycles. The summed E-state index contributed by atoms with van der Waals surface area (Å²) in [6, 6.07) is 5.98. The summed E-state index contributed by atoms with van der Waals surface area (Å²) in [6.45, 7) is 3.86. The van der Waals surface area contributed by atoms with Gasteiger partial charge in [-0.3, -0.25) is 5.41 Å². The minimum atomic E-state index is -0.262. The molecule has 2 N–H and O–H groups in total. The minimum absolute atomic E-state index is 0.157. The molecule has 13 heavy (non-hydrogen) atoms. The maximum Gasteiger partial charge on any atom is 0.123 e. The Morgan fingerprint density at radius 1 is 1.31 bits per heavy atom. The minimum Gasteiger partial charge on any atom is -0.344 e. The number of hydrogen-bond donors (Lipinski definition) is 2. The van der Waals surface area contributed by atoms with Crippen molar-refractivity contribution in [3.63, 3.8) is 0 Å². The summed E-state index contributed by atoms with van der Waals surface area (Å²) in [5.41, 5.74) is 0.750. The van der Waals surface area contributed by atoms with E-state index in [4.69, 9.17) is 5.41 Å². The first-order valence-corrected chi connectivity index (χ1v) is 4.20. The van der Waals surface area contributed by atoms with Crippen molar-refractivity contribution in [3.8, 4) is 0 Å². The number of hydrogen-bond acceptors (Lipinski definition) is 1. The first-order valence-electron chi connectivity index (χ1n) is 4.20. The summed E-state index contributed by atoms with van der Waals surface area (Å²) in [7, 11) is 0. The van der Waals surface area contributed by atoms with Crippen molar-refractivity contribution in [2.45, 2.75) is 13.8 Å². The lowest BCUT2D eigenvalue weighted by Crippen LogP contribution is -2.16. The Balaban J connectivity index is 2.65. The molecule has 3 heteroatoms. The van der Waals surface area contributed by atoms with Gasteiger partial charge in [0.25, 0.3) is 0 Å². The largest absolute Gasteiger partial charge is 0.344 e. The molecule has 1 aromatic rings. The van der Waals surface area contributed by atoms with Gasteiger partial charge in [-0.05, 0) is 24.3 Å². The highest BCUT2D eigenvalue weighted by molar-refractivity contribution is 5.94. The van der Waals surface area contributed by atoms with Crippen LogP contribution in [0, 0.1) is 17.1 Å². The quantitative estimate of drug-likeness (QED) is 0.532. The van der Waals surface area contributed by atoms with E-state index in [1.165, 1.54) is 12.1 Å². The number of halogens is 1. The van der Waals surface area contributed by atoms with Gasteiger partial charge in [-0.2, -0.15) is 0 Å². The lowest BCUT2D eigenvalue weighted by atomic mass is 10.2. The molecule has 0 aliphatic heterocycles. The van der Waals surface area contributed by atoms with Gasteiger partial charge in [0.1, 0.15) is 11.7 Å². The molecule has 2 nitrogen and oxygen atoms in total. The lowest BCUT2D eigenvalue weighted by Gasteiger charge is -2.10. The van der Waals surface area contributed by atoms with Crippen LogP contribution in [-0.4, -0.2) is 5.84 Å². The van der Waals surface area contributed by atoms with Crippen LogP contribution in [-0.2, 0) is 0 Å². The molecule has 1 aromatic carbocycles. The smallest absolute Gasteiger partial charge is 0.123 e. The highest BCUT2D eigenvalue weighted by Gasteiger charge is 2.02. The van der Waals surface area contributed by atoms with E-state index in [-0.39, 0.29) is 11.7 Å². The van der Waals surface area contributed by atoms with Crippen LogP contribution in [0.2, 0.25) is 0 Å². The topological polar surface area (TPSA) is 35.9 Å². The Bertz CT molecular complexity index is 290. The Hall–Kier alpha value is -1.38. The van der Waals surface area contributed by atoms with Crippen molar-refractivity contribution in [2.24, 2.45) is 5.92 Å². The molecule has 0 heterocycles. The van der Waals surface area contributed by atoms with Gasteiger partial charge in [0.05, 0.1) is 0 Å². The van der Waals surface area contributed by atoms with Crippen LogP contribution in [0.5, 0.6) is 0 Å². The summed E-state index contributed by atoms with van der Waals surface area (Å²) in [6.07, 6.45) is 0. The van der Waals surface area contributed by atoms with E-state index in [0.29, 0.717) is 5.84 Å². The van der Waals surface area contributed by atoms with Crippen molar-refractivity contribution in [1.82, 2.24) is 0 Å². The summed E-state index contributed by atoms with van der Waals surface area (Å²) < 4.78 is 12.5. The van der Waals surface area contributed by atoms with Gasteiger partial charge in [-0.25, -0.2) is 4.39 Å². The van der Waals surface area contributed by atoms with Crippen LogP contribution in [0.3, 0.4) is 0 Å². The molecule has 0 aliphatic rings. The normalized spacial score (nSPS) is 10.2. The van der Waals surface area contributed by atoms with Crippen LogP contribution >= 0.6 is 0 Å². The van der Waals surface area contributed by atoms with Gasteiger partial charge in [-0.15, -0.1) is 0 Å². The SMILES string of the molecule is CC(C)C(=N)Nc1ccc(F)cc1. The fraction of sp³-hybridized carbons (Fsp3) is 0.300. The van der Waals surface area contributed by atoms with Gasteiger partial charge < -0.3 is 5.32 Å². The molecular weight excluding hydrogens is 167 g/mol. The summed E-state index contributed by atoms with van der Waals surface area (Å²) >= 11 is 0. The molecule has 0 fully saturated rings. The van der Waals surface area contributed by atoms with Gasteiger partial charge in [-0.1, -0.05) is 13.8 Å². The molecule has 1 rings (SSSR count). The van der Waals surface area contributed by atoms with E-state index in [1.54, 1.807) is 12.1 Å². The summed E-state index contributed by atoms with van der Waals surface area (Å²) in [4.78, 5) is 0. The van der Waals surface area contributed by atoms with E-state index in [1.807, 2.05) is 13.8 Å². The number of rotatable bonds is 2. The Kier molecular flexibility index (Phi) is 3.01.